The molecule has 1 aliphatic heterocycles. The molecule has 6 nitrogen and oxygen atoms in total. The van der Waals surface area contributed by atoms with Crippen molar-refractivity contribution in [2.45, 2.75) is 25.8 Å². The first-order valence-corrected chi connectivity index (χ1v) is 6.99. The molecule has 2 rings (SSSR count). The zero-order valence-corrected chi connectivity index (χ0v) is 13.1. The fourth-order valence-electron chi connectivity index (χ4n) is 2.57. The van der Waals surface area contributed by atoms with Gasteiger partial charge < -0.3 is 10.2 Å². The van der Waals surface area contributed by atoms with Gasteiger partial charge in [0.05, 0.1) is 11.0 Å². The first-order valence-electron chi connectivity index (χ1n) is 6.99. The van der Waals surface area contributed by atoms with Crippen molar-refractivity contribution < 1.29 is 14.1 Å². The molecule has 1 fully saturated rings. The van der Waals surface area contributed by atoms with E-state index in [9.17, 15) is 19.3 Å². The molecular formula is C14H19ClFN3O3. The van der Waals surface area contributed by atoms with E-state index in [0.29, 0.717) is 13.1 Å². The van der Waals surface area contributed by atoms with Crippen LogP contribution >= 0.6 is 12.4 Å². The SMILES string of the molecule is CCCN(C(=O)c1cc(F)cc([N+](=O)[O-])c1)C1CCNC1.Cl. The van der Waals surface area contributed by atoms with Crippen LogP contribution in [0.5, 0.6) is 0 Å². The number of carbonyl (C=O) groups excluding carboxylic acids is 1. The van der Waals surface area contributed by atoms with Crippen molar-refractivity contribution in [3.63, 3.8) is 0 Å². The predicted octanol–water partition coefficient (Wildman–Crippen LogP) is 2.37. The molecule has 8 heteroatoms. The molecule has 0 bridgehead atoms. The largest absolute Gasteiger partial charge is 0.334 e. The number of benzene rings is 1. The van der Waals surface area contributed by atoms with Crippen LogP contribution in [0.2, 0.25) is 0 Å². The lowest BCUT2D eigenvalue weighted by molar-refractivity contribution is -0.385. The van der Waals surface area contributed by atoms with Gasteiger partial charge in [0.25, 0.3) is 11.6 Å². The highest BCUT2D eigenvalue weighted by atomic mass is 35.5. The summed E-state index contributed by atoms with van der Waals surface area (Å²) in [5, 5.41) is 14.0. The maximum atomic E-state index is 13.5. The number of hydrogen-bond donors (Lipinski definition) is 1. The van der Waals surface area contributed by atoms with Crippen molar-refractivity contribution in [2.75, 3.05) is 19.6 Å². The highest BCUT2D eigenvalue weighted by Gasteiger charge is 2.27. The lowest BCUT2D eigenvalue weighted by Gasteiger charge is -2.28. The third-order valence-electron chi connectivity index (χ3n) is 3.54. The summed E-state index contributed by atoms with van der Waals surface area (Å²) in [6.07, 6.45) is 1.61. The Balaban J connectivity index is 0.00000242. The quantitative estimate of drug-likeness (QED) is 0.664. The van der Waals surface area contributed by atoms with Crippen LogP contribution in [-0.4, -0.2) is 41.4 Å². The number of nitro benzene ring substituents is 1. The van der Waals surface area contributed by atoms with Crippen molar-refractivity contribution >= 4 is 24.0 Å². The standard InChI is InChI=1S/C14H18FN3O3.ClH/c1-2-5-17(12-3-4-16-9-12)14(19)10-6-11(15)8-13(7-10)18(20)21;/h6-8,12,16H,2-5,9H2,1H3;1H. The molecule has 1 unspecified atom stereocenters. The third-order valence-corrected chi connectivity index (χ3v) is 3.54. The monoisotopic (exact) mass is 331 g/mol. The second-order valence-electron chi connectivity index (χ2n) is 5.10. The third kappa shape index (κ3) is 4.14. The van der Waals surface area contributed by atoms with Gasteiger partial charge in [-0.1, -0.05) is 6.92 Å². The smallest absolute Gasteiger partial charge is 0.273 e. The molecule has 1 heterocycles. The zero-order valence-electron chi connectivity index (χ0n) is 12.3. The van der Waals surface area contributed by atoms with Gasteiger partial charge >= 0.3 is 0 Å². The van der Waals surface area contributed by atoms with E-state index in [-0.39, 0.29) is 29.9 Å². The average molecular weight is 332 g/mol. The Hall–Kier alpha value is -1.73. The van der Waals surface area contributed by atoms with E-state index in [0.717, 1.165) is 37.6 Å². The van der Waals surface area contributed by atoms with Crippen molar-refractivity contribution in [3.8, 4) is 0 Å². The highest BCUT2D eigenvalue weighted by molar-refractivity contribution is 5.95. The number of amides is 1. The number of nitrogens with one attached hydrogen (secondary N) is 1. The molecule has 22 heavy (non-hydrogen) atoms. The average Bonchev–Trinajstić information content (AvgIpc) is 2.97. The molecule has 1 aromatic rings. The summed E-state index contributed by atoms with van der Waals surface area (Å²) in [5.74, 6) is -1.12. The molecule has 0 spiro atoms. The minimum atomic E-state index is -0.770. The van der Waals surface area contributed by atoms with Gasteiger partial charge in [-0.05, 0) is 25.5 Å². The van der Waals surface area contributed by atoms with Crippen LogP contribution in [0.25, 0.3) is 0 Å². The Morgan fingerprint density at radius 3 is 2.77 bits per heavy atom. The van der Waals surface area contributed by atoms with Gasteiger partial charge in [0.1, 0.15) is 5.82 Å². The van der Waals surface area contributed by atoms with E-state index in [1.807, 2.05) is 6.92 Å². The van der Waals surface area contributed by atoms with E-state index >= 15 is 0 Å². The van der Waals surface area contributed by atoms with Gasteiger partial charge in [0.2, 0.25) is 0 Å². The van der Waals surface area contributed by atoms with Gasteiger partial charge in [-0.15, -0.1) is 12.4 Å². The number of nitro groups is 1. The molecule has 1 aromatic carbocycles. The van der Waals surface area contributed by atoms with E-state index in [1.54, 1.807) is 4.90 Å². The normalized spacial score (nSPS) is 16.9. The van der Waals surface area contributed by atoms with Crippen LogP contribution in [-0.2, 0) is 0 Å². The number of carbonyl (C=O) groups is 1. The number of rotatable bonds is 5. The molecule has 1 amide bonds. The topological polar surface area (TPSA) is 75.5 Å². The molecular weight excluding hydrogens is 313 g/mol. The lowest BCUT2D eigenvalue weighted by atomic mass is 10.1. The minimum absolute atomic E-state index is 0. The van der Waals surface area contributed by atoms with Crippen LogP contribution in [0, 0.1) is 15.9 Å². The van der Waals surface area contributed by atoms with Crippen LogP contribution < -0.4 is 5.32 Å². The maximum absolute atomic E-state index is 13.5. The van der Waals surface area contributed by atoms with Gasteiger partial charge in [-0.25, -0.2) is 4.39 Å². The second kappa shape index (κ2) is 8.05. The van der Waals surface area contributed by atoms with Crippen molar-refractivity contribution in [2.24, 2.45) is 0 Å². The van der Waals surface area contributed by atoms with Crippen LogP contribution in [0.3, 0.4) is 0 Å². The fraction of sp³-hybridized carbons (Fsp3) is 0.500. The molecule has 1 aliphatic rings. The highest BCUT2D eigenvalue weighted by Crippen LogP contribution is 2.20. The number of hydrogen-bond acceptors (Lipinski definition) is 4. The molecule has 0 aliphatic carbocycles. The Morgan fingerprint density at radius 2 is 2.23 bits per heavy atom. The van der Waals surface area contributed by atoms with Gasteiger partial charge in [0, 0.05) is 30.8 Å². The van der Waals surface area contributed by atoms with Crippen LogP contribution in [0.4, 0.5) is 10.1 Å². The van der Waals surface area contributed by atoms with E-state index < -0.39 is 16.4 Å². The number of non-ortho nitro benzene ring substituents is 1. The summed E-state index contributed by atoms with van der Waals surface area (Å²) < 4.78 is 13.5. The Bertz CT molecular complexity index is 550. The first-order chi connectivity index (χ1) is 10.0. The predicted molar refractivity (Wildman–Crippen MR) is 82.9 cm³/mol. The van der Waals surface area contributed by atoms with Gasteiger partial charge in [-0.3, -0.25) is 14.9 Å². The molecule has 1 atom stereocenters. The molecule has 0 saturated carbocycles. The molecule has 1 N–H and O–H groups in total. The van der Waals surface area contributed by atoms with E-state index in [4.69, 9.17) is 0 Å². The van der Waals surface area contributed by atoms with Crippen molar-refractivity contribution in [1.29, 1.82) is 0 Å². The number of halogens is 2. The molecule has 0 aromatic heterocycles. The first kappa shape index (κ1) is 18.3. The molecule has 0 radical (unpaired) electrons. The Morgan fingerprint density at radius 1 is 1.50 bits per heavy atom. The van der Waals surface area contributed by atoms with E-state index in [1.165, 1.54) is 0 Å². The van der Waals surface area contributed by atoms with Crippen molar-refractivity contribution in [1.82, 2.24) is 10.2 Å². The van der Waals surface area contributed by atoms with Crippen LogP contribution in [0.15, 0.2) is 18.2 Å². The summed E-state index contributed by atoms with van der Waals surface area (Å²) in [6.45, 7) is 4.04. The summed E-state index contributed by atoms with van der Waals surface area (Å²) >= 11 is 0. The van der Waals surface area contributed by atoms with Gasteiger partial charge in [-0.2, -0.15) is 0 Å². The summed E-state index contributed by atoms with van der Waals surface area (Å²) in [6, 6.07) is 3.06. The second-order valence-corrected chi connectivity index (χ2v) is 5.10. The summed E-state index contributed by atoms with van der Waals surface area (Å²) in [4.78, 5) is 24.3. The summed E-state index contributed by atoms with van der Waals surface area (Å²) in [5.41, 5.74) is -0.374. The fourth-order valence-corrected chi connectivity index (χ4v) is 2.57. The zero-order chi connectivity index (χ0) is 15.4. The lowest BCUT2D eigenvalue weighted by Crippen LogP contribution is -2.42. The summed E-state index contributed by atoms with van der Waals surface area (Å²) in [7, 11) is 0. The molecule has 1 saturated heterocycles. The Labute approximate surface area is 134 Å². The minimum Gasteiger partial charge on any atom is -0.334 e. The van der Waals surface area contributed by atoms with E-state index in [2.05, 4.69) is 5.32 Å². The van der Waals surface area contributed by atoms with Gasteiger partial charge in [0.15, 0.2) is 0 Å². The number of nitrogens with zero attached hydrogens (tertiary/aromatic N) is 2. The van der Waals surface area contributed by atoms with Crippen molar-refractivity contribution in [3.05, 3.63) is 39.7 Å². The van der Waals surface area contributed by atoms with Crippen LogP contribution in [0.1, 0.15) is 30.1 Å². The molecule has 122 valence electrons. The Kier molecular flexibility index (Phi) is 6.70. The maximum Gasteiger partial charge on any atom is 0.273 e.